The Morgan fingerprint density at radius 2 is 2.00 bits per heavy atom. The van der Waals surface area contributed by atoms with Crippen molar-refractivity contribution < 1.29 is 14.3 Å². The van der Waals surface area contributed by atoms with Crippen molar-refractivity contribution in [2.75, 3.05) is 20.8 Å². The molecule has 0 spiro atoms. The quantitative estimate of drug-likeness (QED) is 0.823. The van der Waals surface area contributed by atoms with Crippen LogP contribution < -0.4 is 9.47 Å². The Kier molecular flexibility index (Phi) is 4.33. The fraction of sp³-hybridized carbons (Fsp3) is 0.375. The fourth-order valence-corrected chi connectivity index (χ4v) is 2.76. The summed E-state index contributed by atoms with van der Waals surface area (Å²) in [5.74, 6) is 1.34. The van der Waals surface area contributed by atoms with Gasteiger partial charge in [0.15, 0.2) is 11.5 Å². The molecule has 1 aromatic carbocycles. The second-order valence-corrected chi connectivity index (χ2v) is 5.42. The van der Waals surface area contributed by atoms with Crippen LogP contribution in [0.2, 0.25) is 0 Å². The third kappa shape index (κ3) is 3.01. The van der Waals surface area contributed by atoms with Crippen LogP contribution in [-0.2, 0) is 24.3 Å². The maximum atomic E-state index is 12.5. The van der Waals surface area contributed by atoms with Gasteiger partial charge in [0.25, 0.3) is 5.82 Å². The standard InChI is InChI=1S/C16H17N5O3/c1-23-13-5-11-3-4-20(8-12(11)6-14(13)24-2)16(22)9-21-10-18-15(7-17)19-21/h5-6,10H,3-4,8-9H2,1-2H3. The van der Waals surface area contributed by atoms with Crippen molar-refractivity contribution in [3.05, 3.63) is 35.4 Å². The van der Waals surface area contributed by atoms with Crippen LogP contribution >= 0.6 is 0 Å². The SMILES string of the molecule is COc1cc2c(cc1OC)CN(C(=O)Cn1cnc(C#N)n1)CC2. The van der Waals surface area contributed by atoms with Gasteiger partial charge in [0, 0.05) is 13.1 Å². The van der Waals surface area contributed by atoms with E-state index in [1.54, 1.807) is 19.1 Å². The lowest BCUT2D eigenvalue weighted by atomic mass is 9.98. The summed E-state index contributed by atoms with van der Waals surface area (Å²) in [5.41, 5.74) is 2.20. The van der Waals surface area contributed by atoms with Crippen molar-refractivity contribution in [1.82, 2.24) is 19.7 Å². The van der Waals surface area contributed by atoms with Gasteiger partial charge in [-0.25, -0.2) is 9.67 Å². The number of aromatic nitrogens is 3. The molecule has 1 amide bonds. The number of carbonyl (C=O) groups is 1. The minimum atomic E-state index is -0.0650. The lowest BCUT2D eigenvalue weighted by Gasteiger charge is -2.29. The Hall–Kier alpha value is -3.08. The Labute approximate surface area is 139 Å². The molecule has 2 heterocycles. The molecule has 0 saturated carbocycles. The van der Waals surface area contributed by atoms with Crippen molar-refractivity contribution >= 4 is 5.91 Å². The molecular weight excluding hydrogens is 310 g/mol. The highest BCUT2D eigenvalue weighted by Gasteiger charge is 2.23. The number of carbonyl (C=O) groups excluding carboxylic acids is 1. The summed E-state index contributed by atoms with van der Waals surface area (Å²) >= 11 is 0. The molecule has 0 unspecified atom stereocenters. The molecule has 8 nitrogen and oxygen atoms in total. The molecule has 124 valence electrons. The van der Waals surface area contributed by atoms with Gasteiger partial charge in [0.1, 0.15) is 18.9 Å². The Balaban J connectivity index is 1.74. The van der Waals surface area contributed by atoms with Crippen molar-refractivity contribution in [1.29, 1.82) is 5.26 Å². The molecule has 1 aliphatic rings. The van der Waals surface area contributed by atoms with E-state index >= 15 is 0 Å². The lowest BCUT2D eigenvalue weighted by Crippen LogP contribution is -2.38. The summed E-state index contributed by atoms with van der Waals surface area (Å²) < 4.78 is 12.0. The van der Waals surface area contributed by atoms with Crippen LogP contribution in [-0.4, -0.2) is 46.3 Å². The first kappa shape index (κ1) is 15.8. The van der Waals surface area contributed by atoms with E-state index in [9.17, 15) is 4.79 Å². The van der Waals surface area contributed by atoms with Crippen LogP contribution in [0.3, 0.4) is 0 Å². The normalized spacial score (nSPS) is 13.1. The molecule has 1 aliphatic heterocycles. The molecule has 0 N–H and O–H groups in total. The number of rotatable bonds is 4. The average molecular weight is 327 g/mol. The van der Waals surface area contributed by atoms with E-state index in [1.807, 2.05) is 18.2 Å². The predicted octanol–water partition coefficient (Wildman–Crippen LogP) is 0.752. The first-order valence-corrected chi connectivity index (χ1v) is 7.45. The summed E-state index contributed by atoms with van der Waals surface area (Å²) in [6.07, 6.45) is 2.14. The van der Waals surface area contributed by atoms with Crippen molar-refractivity contribution in [2.24, 2.45) is 0 Å². The number of hydrogen-bond donors (Lipinski definition) is 0. The second-order valence-electron chi connectivity index (χ2n) is 5.42. The van der Waals surface area contributed by atoms with Crippen LogP contribution in [0.5, 0.6) is 11.5 Å². The molecular formula is C16H17N5O3. The van der Waals surface area contributed by atoms with Gasteiger partial charge < -0.3 is 14.4 Å². The topological polar surface area (TPSA) is 93.3 Å². The van der Waals surface area contributed by atoms with E-state index in [1.165, 1.54) is 11.0 Å². The highest BCUT2D eigenvalue weighted by atomic mass is 16.5. The van der Waals surface area contributed by atoms with Gasteiger partial charge in [-0.05, 0) is 29.7 Å². The van der Waals surface area contributed by atoms with Gasteiger partial charge in [0.2, 0.25) is 5.91 Å². The molecule has 0 radical (unpaired) electrons. The maximum absolute atomic E-state index is 12.5. The molecule has 3 rings (SSSR count). The summed E-state index contributed by atoms with van der Waals surface area (Å²) in [6, 6.07) is 5.72. The number of nitriles is 1. The number of amides is 1. The van der Waals surface area contributed by atoms with Crippen LogP contribution in [0.1, 0.15) is 17.0 Å². The lowest BCUT2D eigenvalue weighted by molar-refractivity contribution is -0.133. The number of fused-ring (bicyclic) bond motifs is 1. The van der Waals surface area contributed by atoms with Gasteiger partial charge in [0.05, 0.1) is 14.2 Å². The molecule has 2 aromatic rings. The minimum absolute atomic E-state index is 0.0589. The first-order chi connectivity index (χ1) is 11.6. The molecule has 0 aliphatic carbocycles. The van der Waals surface area contributed by atoms with Gasteiger partial charge in [-0.15, -0.1) is 5.10 Å². The minimum Gasteiger partial charge on any atom is -0.493 e. The van der Waals surface area contributed by atoms with Gasteiger partial charge >= 0.3 is 0 Å². The second kappa shape index (κ2) is 6.58. The molecule has 0 atom stereocenters. The number of nitrogens with zero attached hydrogens (tertiary/aromatic N) is 5. The Morgan fingerprint density at radius 1 is 1.29 bits per heavy atom. The van der Waals surface area contributed by atoms with E-state index < -0.39 is 0 Å². The van der Waals surface area contributed by atoms with E-state index in [4.69, 9.17) is 14.7 Å². The largest absolute Gasteiger partial charge is 0.493 e. The van der Waals surface area contributed by atoms with Gasteiger partial charge in [-0.1, -0.05) is 0 Å². The number of methoxy groups -OCH3 is 2. The number of ether oxygens (including phenoxy) is 2. The van der Waals surface area contributed by atoms with Gasteiger partial charge in [-0.3, -0.25) is 4.79 Å². The number of hydrogen-bond acceptors (Lipinski definition) is 6. The molecule has 0 saturated heterocycles. The summed E-state index contributed by atoms with van der Waals surface area (Å²) in [6.45, 7) is 1.20. The van der Waals surface area contributed by atoms with Crippen LogP contribution in [0.15, 0.2) is 18.5 Å². The highest BCUT2D eigenvalue weighted by molar-refractivity contribution is 5.76. The van der Waals surface area contributed by atoms with Crippen LogP contribution in [0.4, 0.5) is 0 Å². The van der Waals surface area contributed by atoms with Crippen molar-refractivity contribution in [3.63, 3.8) is 0 Å². The number of benzene rings is 1. The monoisotopic (exact) mass is 327 g/mol. The van der Waals surface area contributed by atoms with Crippen molar-refractivity contribution in [3.8, 4) is 17.6 Å². The maximum Gasteiger partial charge on any atom is 0.252 e. The fourth-order valence-electron chi connectivity index (χ4n) is 2.76. The zero-order chi connectivity index (χ0) is 17.1. The molecule has 8 heteroatoms. The predicted molar refractivity (Wildman–Crippen MR) is 83.4 cm³/mol. The third-order valence-electron chi connectivity index (χ3n) is 4.00. The van der Waals surface area contributed by atoms with Gasteiger partial charge in [-0.2, -0.15) is 5.26 Å². The molecule has 1 aromatic heterocycles. The van der Waals surface area contributed by atoms with Crippen LogP contribution in [0, 0.1) is 11.3 Å². The molecule has 0 bridgehead atoms. The summed E-state index contributed by atoms with van der Waals surface area (Å²) in [7, 11) is 3.20. The van der Waals surface area contributed by atoms with E-state index in [0.717, 1.165) is 17.5 Å². The average Bonchev–Trinajstić information content (AvgIpc) is 3.07. The smallest absolute Gasteiger partial charge is 0.252 e. The zero-order valence-corrected chi connectivity index (χ0v) is 13.5. The Morgan fingerprint density at radius 3 is 2.62 bits per heavy atom. The van der Waals surface area contributed by atoms with E-state index in [-0.39, 0.29) is 18.3 Å². The zero-order valence-electron chi connectivity index (χ0n) is 13.5. The van der Waals surface area contributed by atoms with Crippen LogP contribution in [0.25, 0.3) is 0 Å². The van der Waals surface area contributed by atoms with Crippen molar-refractivity contribution in [2.45, 2.75) is 19.5 Å². The molecule has 0 fully saturated rings. The highest BCUT2D eigenvalue weighted by Crippen LogP contribution is 2.33. The molecule has 24 heavy (non-hydrogen) atoms. The Bertz CT molecular complexity index is 809. The third-order valence-corrected chi connectivity index (χ3v) is 4.00. The summed E-state index contributed by atoms with van der Waals surface area (Å²) in [4.78, 5) is 18.0. The van der Waals surface area contributed by atoms with E-state index in [0.29, 0.717) is 24.6 Å². The first-order valence-electron chi connectivity index (χ1n) is 7.45. The summed E-state index contributed by atoms with van der Waals surface area (Å²) in [5, 5.41) is 12.6. The van der Waals surface area contributed by atoms with E-state index in [2.05, 4.69) is 10.1 Å².